The average molecular weight is 343 g/mol. The Bertz CT molecular complexity index is 641. The standard InChI is InChI=1S/C17H18ClF3N2/c1-11(14-9-8-13(18)10-22-14)6-7-12(2)15-4-3-5-16(23-15)17(19,20)21/h3-5,8-12H,6-7H2,1-2H3. The lowest BCUT2D eigenvalue weighted by molar-refractivity contribution is -0.141. The van der Waals surface area contributed by atoms with Crippen molar-refractivity contribution in [3.63, 3.8) is 0 Å². The Balaban J connectivity index is 1.99. The minimum atomic E-state index is -4.41. The van der Waals surface area contributed by atoms with Crippen molar-refractivity contribution in [2.24, 2.45) is 0 Å². The minimum Gasteiger partial charge on any atom is -0.259 e. The van der Waals surface area contributed by atoms with Crippen LogP contribution in [0.1, 0.15) is 55.6 Å². The van der Waals surface area contributed by atoms with E-state index >= 15 is 0 Å². The molecule has 23 heavy (non-hydrogen) atoms. The van der Waals surface area contributed by atoms with Gasteiger partial charge in [-0.15, -0.1) is 0 Å². The van der Waals surface area contributed by atoms with E-state index in [4.69, 9.17) is 11.6 Å². The zero-order valence-corrected chi connectivity index (χ0v) is 13.7. The number of rotatable bonds is 5. The molecule has 0 spiro atoms. The summed E-state index contributed by atoms with van der Waals surface area (Å²) in [5.74, 6) is 0.160. The van der Waals surface area contributed by atoms with Gasteiger partial charge in [0.15, 0.2) is 0 Å². The molecule has 0 amide bonds. The third kappa shape index (κ3) is 4.93. The molecular formula is C17H18ClF3N2. The Morgan fingerprint density at radius 3 is 2.22 bits per heavy atom. The second-order valence-electron chi connectivity index (χ2n) is 5.73. The highest BCUT2D eigenvalue weighted by Crippen LogP contribution is 2.30. The molecule has 0 N–H and O–H groups in total. The van der Waals surface area contributed by atoms with Gasteiger partial charge >= 0.3 is 6.18 Å². The van der Waals surface area contributed by atoms with Gasteiger partial charge in [0, 0.05) is 17.6 Å². The van der Waals surface area contributed by atoms with Crippen molar-refractivity contribution in [1.29, 1.82) is 0 Å². The second kappa shape index (κ2) is 7.30. The third-order valence-electron chi connectivity index (χ3n) is 3.85. The van der Waals surface area contributed by atoms with Crippen LogP contribution >= 0.6 is 11.6 Å². The number of hydrogen-bond acceptors (Lipinski definition) is 2. The molecule has 6 heteroatoms. The topological polar surface area (TPSA) is 25.8 Å². The van der Waals surface area contributed by atoms with Crippen LogP contribution in [0.25, 0.3) is 0 Å². The number of pyridine rings is 2. The van der Waals surface area contributed by atoms with E-state index in [1.807, 2.05) is 19.9 Å². The molecular weight excluding hydrogens is 325 g/mol. The quantitative estimate of drug-likeness (QED) is 0.682. The first kappa shape index (κ1) is 17.7. The van der Waals surface area contributed by atoms with E-state index in [0.717, 1.165) is 24.6 Å². The molecule has 2 aromatic rings. The molecule has 2 rings (SSSR count). The third-order valence-corrected chi connectivity index (χ3v) is 4.08. The van der Waals surface area contributed by atoms with Gasteiger partial charge in [0.05, 0.1) is 5.02 Å². The second-order valence-corrected chi connectivity index (χ2v) is 6.16. The first-order valence-electron chi connectivity index (χ1n) is 7.43. The van der Waals surface area contributed by atoms with Crippen LogP contribution in [0, 0.1) is 0 Å². The van der Waals surface area contributed by atoms with Crippen molar-refractivity contribution >= 4 is 11.6 Å². The van der Waals surface area contributed by atoms with Gasteiger partial charge in [-0.25, -0.2) is 4.98 Å². The molecule has 2 atom stereocenters. The Hall–Kier alpha value is -1.62. The summed E-state index contributed by atoms with van der Waals surface area (Å²) >= 11 is 5.81. The highest BCUT2D eigenvalue weighted by Gasteiger charge is 2.32. The summed E-state index contributed by atoms with van der Waals surface area (Å²) in [6, 6.07) is 7.71. The van der Waals surface area contributed by atoms with E-state index in [2.05, 4.69) is 9.97 Å². The molecule has 0 bridgehead atoms. The summed E-state index contributed by atoms with van der Waals surface area (Å²) in [6.07, 6.45) is -1.26. The monoisotopic (exact) mass is 342 g/mol. The van der Waals surface area contributed by atoms with Crippen molar-refractivity contribution in [2.45, 2.75) is 44.7 Å². The lowest BCUT2D eigenvalue weighted by Crippen LogP contribution is -2.10. The molecule has 0 radical (unpaired) electrons. The van der Waals surface area contributed by atoms with Crippen molar-refractivity contribution in [3.05, 3.63) is 58.6 Å². The minimum absolute atomic E-state index is 0.0490. The van der Waals surface area contributed by atoms with Crippen molar-refractivity contribution < 1.29 is 13.2 Å². The maximum atomic E-state index is 12.7. The van der Waals surface area contributed by atoms with Crippen LogP contribution in [0.5, 0.6) is 0 Å². The fourth-order valence-corrected chi connectivity index (χ4v) is 2.47. The average Bonchev–Trinajstić information content (AvgIpc) is 2.52. The molecule has 124 valence electrons. The van der Waals surface area contributed by atoms with Gasteiger partial charge in [0.2, 0.25) is 0 Å². The summed E-state index contributed by atoms with van der Waals surface area (Å²) in [6.45, 7) is 3.94. The molecule has 2 unspecified atom stereocenters. The fourth-order valence-electron chi connectivity index (χ4n) is 2.36. The molecule has 0 aliphatic heterocycles. The van der Waals surface area contributed by atoms with E-state index in [9.17, 15) is 13.2 Å². The Labute approximate surface area is 138 Å². The highest BCUT2D eigenvalue weighted by molar-refractivity contribution is 6.30. The smallest absolute Gasteiger partial charge is 0.259 e. The SMILES string of the molecule is CC(CCC(C)c1cccc(C(F)(F)F)n1)c1ccc(Cl)cn1. The van der Waals surface area contributed by atoms with Crippen LogP contribution in [0.3, 0.4) is 0 Å². The Morgan fingerprint density at radius 1 is 1.00 bits per heavy atom. The lowest BCUT2D eigenvalue weighted by Gasteiger charge is -2.16. The summed E-state index contributed by atoms with van der Waals surface area (Å²) in [5, 5.41) is 0.586. The molecule has 0 saturated heterocycles. The molecule has 2 nitrogen and oxygen atoms in total. The number of nitrogens with zero attached hydrogens (tertiary/aromatic N) is 2. The predicted molar refractivity (Wildman–Crippen MR) is 84.6 cm³/mol. The molecule has 0 saturated carbocycles. The number of alkyl halides is 3. The van der Waals surface area contributed by atoms with Gasteiger partial charge in [-0.05, 0) is 48.9 Å². The van der Waals surface area contributed by atoms with Gasteiger partial charge < -0.3 is 0 Å². The maximum Gasteiger partial charge on any atom is 0.433 e. The van der Waals surface area contributed by atoms with Crippen LogP contribution in [-0.2, 0) is 6.18 Å². The molecule has 2 heterocycles. The first-order chi connectivity index (χ1) is 10.8. The van der Waals surface area contributed by atoms with Crippen LogP contribution in [0.15, 0.2) is 36.5 Å². The summed E-state index contributed by atoms with van der Waals surface area (Å²) < 4.78 is 38.2. The maximum absolute atomic E-state index is 12.7. The summed E-state index contributed by atoms with van der Waals surface area (Å²) in [7, 11) is 0. The van der Waals surface area contributed by atoms with E-state index < -0.39 is 11.9 Å². The van der Waals surface area contributed by atoms with Crippen LogP contribution in [-0.4, -0.2) is 9.97 Å². The molecule has 2 aromatic heterocycles. The first-order valence-corrected chi connectivity index (χ1v) is 7.80. The number of aromatic nitrogens is 2. The predicted octanol–water partition coefficient (Wildman–Crippen LogP) is 5.84. The highest BCUT2D eigenvalue weighted by atomic mass is 35.5. The van der Waals surface area contributed by atoms with E-state index in [1.165, 1.54) is 6.07 Å². The normalized spacial score (nSPS) is 14.5. The Morgan fingerprint density at radius 2 is 1.65 bits per heavy atom. The number of hydrogen-bond donors (Lipinski definition) is 0. The van der Waals surface area contributed by atoms with Crippen LogP contribution in [0.4, 0.5) is 13.2 Å². The van der Waals surface area contributed by atoms with E-state index in [0.29, 0.717) is 10.7 Å². The lowest BCUT2D eigenvalue weighted by atomic mass is 9.93. The fraction of sp³-hybridized carbons (Fsp3) is 0.412. The van der Waals surface area contributed by atoms with Crippen molar-refractivity contribution in [2.75, 3.05) is 0 Å². The van der Waals surface area contributed by atoms with E-state index in [1.54, 1.807) is 18.3 Å². The summed E-state index contributed by atoms with van der Waals surface area (Å²) in [4.78, 5) is 8.03. The van der Waals surface area contributed by atoms with Crippen molar-refractivity contribution in [1.82, 2.24) is 9.97 Å². The van der Waals surface area contributed by atoms with Gasteiger partial charge in [-0.2, -0.15) is 13.2 Å². The van der Waals surface area contributed by atoms with Crippen molar-refractivity contribution in [3.8, 4) is 0 Å². The zero-order chi connectivity index (χ0) is 17.0. The van der Waals surface area contributed by atoms with Gasteiger partial charge in [-0.3, -0.25) is 4.98 Å². The molecule has 0 aliphatic carbocycles. The number of halogens is 4. The zero-order valence-electron chi connectivity index (χ0n) is 12.9. The Kier molecular flexibility index (Phi) is 5.63. The van der Waals surface area contributed by atoms with Gasteiger partial charge in [0.1, 0.15) is 5.69 Å². The largest absolute Gasteiger partial charge is 0.433 e. The van der Waals surface area contributed by atoms with E-state index in [-0.39, 0.29) is 11.8 Å². The van der Waals surface area contributed by atoms with Crippen LogP contribution < -0.4 is 0 Å². The summed E-state index contributed by atoms with van der Waals surface area (Å²) in [5.41, 5.74) is 0.559. The van der Waals surface area contributed by atoms with Gasteiger partial charge in [0.25, 0.3) is 0 Å². The molecule has 0 aromatic carbocycles. The van der Waals surface area contributed by atoms with Gasteiger partial charge in [-0.1, -0.05) is 31.5 Å². The van der Waals surface area contributed by atoms with Crippen LogP contribution in [0.2, 0.25) is 5.02 Å². The molecule has 0 fully saturated rings. The molecule has 0 aliphatic rings.